The third kappa shape index (κ3) is 11.4. The molecule has 4 atom stereocenters. The van der Waals surface area contributed by atoms with Crippen molar-refractivity contribution in [2.45, 2.75) is 91.1 Å². The number of fused-ring (bicyclic) bond motifs is 2. The first-order chi connectivity index (χ1) is 32.1. The summed E-state index contributed by atoms with van der Waals surface area (Å²) in [7, 11) is 1.86. The molecule has 2 unspecified atom stereocenters. The van der Waals surface area contributed by atoms with E-state index in [9.17, 15) is 29.1 Å². The van der Waals surface area contributed by atoms with E-state index in [4.69, 9.17) is 4.98 Å². The molecular weight excluding hydrogens is 871 g/mol. The lowest BCUT2D eigenvalue weighted by Crippen LogP contribution is -2.57. The van der Waals surface area contributed by atoms with Gasteiger partial charge in [-0.15, -0.1) is 11.3 Å². The average Bonchev–Trinajstić information content (AvgIpc) is 4.15. The fourth-order valence-electron chi connectivity index (χ4n) is 8.98. The van der Waals surface area contributed by atoms with Crippen molar-refractivity contribution < 1.29 is 29.1 Å². The quantitative estimate of drug-likeness (QED) is 0.0710. The van der Waals surface area contributed by atoms with Crippen molar-refractivity contribution in [3.05, 3.63) is 95.0 Å². The second-order valence-electron chi connectivity index (χ2n) is 18.9. The normalized spacial score (nSPS) is 18.1. The van der Waals surface area contributed by atoms with Gasteiger partial charge in [-0.2, -0.15) is 5.10 Å². The Morgan fingerprint density at radius 1 is 0.985 bits per heavy atom. The van der Waals surface area contributed by atoms with Gasteiger partial charge in [0.25, 0.3) is 5.91 Å². The van der Waals surface area contributed by atoms with Crippen molar-refractivity contribution in [2.24, 2.45) is 18.4 Å². The summed E-state index contributed by atoms with van der Waals surface area (Å²) in [5, 5.41) is 27.5. The van der Waals surface area contributed by atoms with E-state index in [-0.39, 0.29) is 55.5 Å². The number of rotatable bonds is 16. The number of anilines is 1. The lowest BCUT2D eigenvalue weighted by Gasteiger charge is -2.35. The van der Waals surface area contributed by atoms with E-state index < -0.39 is 29.5 Å². The highest BCUT2D eigenvalue weighted by Crippen LogP contribution is 2.29. The van der Waals surface area contributed by atoms with Gasteiger partial charge in [0.15, 0.2) is 0 Å². The Hall–Kier alpha value is -6.50. The van der Waals surface area contributed by atoms with E-state index in [0.717, 1.165) is 69.0 Å². The first kappa shape index (κ1) is 47.0. The first-order valence-corrected chi connectivity index (χ1v) is 23.7. The number of aromatic nitrogens is 5. The summed E-state index contributed by atoms with van der Waals surface area (Å²) < 4.78 is 1.77. The summed E-state index contributed by atoms with van der Waals surface area (Å²) in [6.45, 7) is 10.2. The average molecular weight is 930 g/mol. The van der Waals surface area contributed by atoms with Gasteiger partial charge in [0, 0.05) is 69.1 Å². The molecule has 352 valence electrons. The molecule has 67 heavy (non-hydrogen) atoms. The van der Waals surface area contributed by atoms with Crippen LogP contribution in [-0.2, 0) is 39.3 Å². The van der Waals surface area contributed by atoms with Gasteiger partial charge >= 0.3 is 0 Å². The number of hydrogen-bond acceptors (Lipinski definition) is 11. The van der Waals surface area contributed by atoms with Crippen LogP contribution in [0.5, 0.6) is 0 Å². The molecule has 2 fully saturated rings. The SMILES string of the molecule is Cc1ncsc1-c1ccc(CNC(=O)[C@@H]2C[C@@H](O)CN2C(=O)C(NC(=O)CCCNC(=O)CC2CCN(Cc3nc4cc(NC(=O)c5ccc6c(cnn6C)c5)ccc4[nH]3)C2)C(C)(C)C)cc1. The molecule has 5 amide bonds. The molecule has 2 aliphatic heterocycles. The standard InChI is InChI=1S/C49H59N11O6S/c1-29-44(67-28-52-29)32-10-8-30(9-11-32)23-51-47(65)40-22-36(61)26-60(40)48(66)45(49(2,3)4)57-42(62)7-6-17-50-43(63)19-31-16-18-59(25-31)27-41-55-37-14-13-35(21-38(37)56-41)54-46(64)33-12-15-39-34(20-33)24-53-58(39)5/h8-15,20-21,24,28,31,36,40,45,61H,6-7,16-19,22-23,25-27H2,1-5H3,(H,50,63)(H,51,65)(H,54,64)(H,55,56)(H,57,62)/t31?,36-,40+,45?/m1/s1. The zero-order valence-electron chi connectivity index (χ0n) is 38.6. The van der Waals surface area contributed by atoms with E-state index in [1.807, 2.05) is 94.9 Å². The Balaban J connectivity index is 0.750. The zero-order valence-corrected chi connectivity index (χ0v) is 39.4. The van der Waals surface area contributed by atoms with Crippen molar-refractivity contribution >= 4 is 68.5 Å². The van der Waals surface area contributed by atoms with E-state index in [0.29, 0.717) is 37.2 Å². The molecule has 3 aromatic heterocycles. The van der Waals surface area contributed by atoms with Gasteiger partial charge in [-0.05, 0) is 85.2 Å². The second-order valence-corrected chi connectivity index (χ2v) is 19.8. The van der Waals surface area contributed by atoms with E-state index >= 15 is 0 Å². The Labute approximate surface area is 393 Å². The molecule has 0 spiro atoms. The van der Waals surface area contributed by atoms with E-state index in [2.05, 4.69) is 41.2 Å². The number of nitrogens with zero attached hydrogens (tertiary/aromatic N) is 6. The summed E-state index contributed by atoms with van der Waals surface area (Å²) >= 11 is 1.57. The Morgan fingerprint density at radius 2 is 1.79 bits per heavy atom. The van der Waals surface area contributed by atoms with E-state index in [1.165, 1.54) is 4.90 Å². The summed E-state index contributed by atoms with van der Waals surface area (Å²) in [6, 6.07) is 17.1. The number of aliphatic hydroxyl groups excluding tert-OH is 1. The second kappa shape index (κ2) is 20.2. The topological polar surface area (TPSA) is 220 Å². The van der Waals surface area contributed by atoms with Crippen LogP contribution in [0.25, 0.3) is 32.4 Å². The smallest absolute Gasteiger partial charge is 0.255 e. The Morgan fingerprint density at radius 3 is 2.55 bits per heavy atom. The number of imidazole rings is 1. The molecule has 18 heteroatoms. The number of likely N-dealkylation sites (tertiary alicyclic amines) is 2. The van der Waals surface area contributed by atoms with Crippen LogP contribution in [0.1, 0.15) is 80.3 Å². The van der Waals surface area contributed by atoms with Gasteiger partial charge in [-0.25, -0.2) is 9.97 Å². The van der Waals surface area contributed by atoms with Gasteiger partial charge < -0.3 is 36.3 Å². The van der Waals surface area contributed by atoms with Crippen LogP contribution >= 0.6 is 11.3 Å². The van der Waals surface area contributed by atoms with Crippen LogP contribution in [0.4, 0.5) is 5.69 Å². The third-order valence-electron chi connectivity index (χ3n) is 12.6. The van der Waals surface area contributed by atoms with Crippen molar-refractivity contribution in [3.8, 4) is 10.4 Å². The van der Waals surface area contributed by atoms with Crippen LogP contribution in [0.15, 0.2) is 72.4 Å². The van der Waals surface area contributed by atoms with Crippen molar-refractivity contribution in [1.29, 1.82) is 0 Å². The minimum absolute atomic E-state index is 0.0112. The minimum Gasteiger partial charge on any atom is -0.391 e. The molecule has 2 aliphatic rings. The van der Waals surface area contributed by atoms with Crippen molar-refractivity contribution in [3.63, 3.8) is 0 Å². The fraction of sp³-hybridized carbons (Fsp3) is 0.429. The third-order valence-corrected chi connectivity index (χ3v) is 13.6. The summed E-state index contributed by atoms with van der Waals surface area (Å²) in [6.07, 6.45) is 2.69. The highest BCUT2D eigenvalue weighted by Gasteiger charge is 2.44. The van der Waals surface area contributed by atoms with Crippen LogP contribution in [0, 0.1) is 18.3 Å². The highest BCUT2D eigenvalue weighted by molar-refractivity contribution is 7.13. The van der Waals surface area contributed by atoms with Crippen LogP contribution < -0.4 is 21.3 Å². The molecule has 0 bridgehead atoms. The van der Waals surface area contributed by atoms with Crippen LogP contribution in [-0.4, -0.2) is 114 Å². The zero-order chi connectivity index (χ0) is 47.4. The number of aromatic amines is 1. The molecule has 0 saturated carbocycles. The number of nitrogens with one attached hydrogen (secondary N) is 5. The number of thiazole rings is 1. The maximum atomic E-state index is 14.0. The number of hydrogen-bond donors (Lipinski definition) is 6. The molecule has 5 heterocycles. The summed E-state index contributed by atoms with van der Waals surface area (Å²) in [4.78, 5) is 84.0. The maximum Gasteiger partial charge on any atom is 0.255 e. The van der Waals surface area contributed by atoms with Crippen LogP contribution in [0.3, 0.4) is 0 Å². The number of β-amino-alcohol motifs (C(OH)–C–C–N with tert-alkyl or cyclic N) is 1. The molecule has 3 aromatic carbocycles. The van der Waals surface area contributed by atoms with Gasteiger partial charge in [0.2, 0.25) is 23.6 Å². The van der Waals surface area contributed by atoms with Gasteiger partial charge in [0.05, 0.1) is 51.5 Å². The largest absolute Gasteiger partial charge is 0.391 e. The summed E-state index contributed by atoms with van der Waals surface area (Å²) in [5.41, 5.74) is 7.78. The number of H-pyrrole nitrogens is 1. The number of aryl methyl sites for hydroxylation is 2. The highest BCUT2D eigenvalue weighted by atomic mass is 32.1. The number of carbonyl (C=O) groups is 5. The number of benzene rings is 3. The molecule has 0 radical (unpaired) electrons. The fourth-order valence-corrected chi connectivity index (χ4v) is 9.79. The Bertz CT molecular complexity index is 2770. The molecule has 0 aliphatic carbocycles. The minimum atomic E-state index is -0.937. The molecule has 6 aromatic rings. The lowest BCUT2D eigenvalue weighted by molar-refractivity contribution is -0.144. The van der Waals surface area contributed by atoms with Crippen molar-refractivity contribution in [1.82, 2.24) is 50.5 Å². The number of carbonyl (C=O) groups excluding carboxylic acids is 5. The molecule has 2 saturated heterocycles. The molecule has 6 N–H and O–H groups in total. The monoisotopic (exact) mass is 929 g/mol. The number of aliphatic hydroxyl groups is 1. The molecule has 17 nitrogen and oxygen atoms in total. The predicted molar refractivity (Wildman–Crippen MR) is 257 cm³/mol. The molecular formula is C49H59N11O6S. The lowest BCUT2D eigenvalue weighted by atomic mass is 9.85. The Kier molecular flexibility index (Phi) is 14.1. The number of amides is 5. The van der Waals surface area contributed by atoms with Crippen molar-refractivity contribution in [2.75, 3.05) is 31.5 Å². The molecule has 8 rings (SSSR count). The summed E-state index contributed by atoms with van der Waals surface area (Å²) in [5.74, 6) is -0.433. The van der Waals surface area contributed by atoms with E-state index in [1.54, 1.807) is 28.3 Å². The van der Waals surface area contributed by atoms with Gasteiger partial charge in [-0.3, -0.25) is 33.6 Å². The predicted octanol–water partition coefficient (Wildman–Crippen LogP) is 5.05. The van der Waals surface area contributed by atoms with Gasteiger partial charge in [-0.1, -0.05) is 45.0 Å². The first-order valence-electron chi connectivity index (χ1n) is 22.8. The maximum absolute atomic E-state index is 14.0. The van der Waals surface area contributed by atoms with Crippen LogP contribution in [0.2, 0.25) is 0 Å². The van der Waals surface area contributed by atoms with Gasteiger partial charge in [0.1, 0.15) is 17.9 Å².